The molecule has 6 heteroatoms. The highest BCUT2D eigenvalue weighted by molar-refractivity contribution is 9.10. The standard InChI is InChI=1S/C18H18BrNO4/c1-12(13-6-8-15(19)9-7-13)20-17(21)11-24-16-5-3-4-14(10-16)18(22)23-2/h3-10,12H,11H2,1-2H3,(H,20,21)/t12-/m0/s1. The Kier molecular flexibility index (Phi) is 6.37. The van der Waals surface area contributed by atoms with Crippen LogP contribution in [0.25, 0.3) is 0 Å². The minimum atomic E-state index is -0.450. The van der Waals surface area contributed by atoms with Gasteiger partial charge in [0.1, 0.15) is 5.75 Å². The van der Waals surface area contributed by atoms with E-state index in [1.165, 1.54) is 13.2 Å². The van der Waals surface area contributed by atoms with Crippen LogP contribution in [0.3, 0.4) is 0 Å². The van der Waals surface area contributed by atoms with Crippen molar-refractivity contribution < 1.29 is 19.1 Å². The second kappa shape index (κ2) is 8.49. The summed E-state index contributed by atoms with van der Waals surface area (Å²) in [5.74, 6) is -0.257. The van der Waals surface area contributed by atoms with Crippen molar-refractivity contribution >= 4 is 27.8 Å². The lowest BCUT2D eigenvalue weighted by atomic mass is 10.1. The molecule has 2 aromatic rings. The number of benzene rings is 2. The van der Waals surface area contributed by atoms with Gasteiger partial charge in [0, 0.05) is 4.47 Å². The number of carbonyl (C=O) groups is 2. The molecule has 0 spiro atoms. The second-order valence-electron chi connectivity index (χ2n) is 5.15. The van der Waals surface area contributed by atoms with Gasteiger partial charge in [-0.2, -0.15) is 0 Å². The van der Waals surface area contributed by atoms with Crippen molar-refractivity contribution in [1.29, 1.82) is 0 Å². The van der Waals surface area contributed by atoms with Crippen LogP contribution in [-0.4, -0.2) is 25.6 Å². The summed E-state index contributed by atoms with van der Waals surface area (Å²) in [6, 6.07) is 14.1. The van der Waals surface area contributed by atoms with E-state index >= 15 is 0 Å². The fourth-order valence-electron chi connectivity index (χ4n) is 2.10. The number of methoxy groups -OCH3 is 1. The van der Waals surface area contributed by atoms with Crippen molar-refractivity contribution in [2.75, 3.05) is 13.7 Å². The van der Waals surface area contributed by atoms with E-state index in [2.05, 4.69) is 26.0 Å². The molecule has 0 aliphatic rings. The maximum Gasteiger partial charge on any atom is 0.337 e. The molecule has 1 N–H and O–H groups in total. The van der Waals surface area contributed by atoms with Gasteiger partial charge < -0.3 is 14.8 Å². The first-order valence-electron chi connectivity index (χ1n) is 7.35. The summed E-state index contributed by atoms with van der Waals surface area (Å²) in [7, 11) is 1.31. The number of halogens is 1. The average Bonchev–Trinajstić information content (AvgIpc) is 2.60. The summed E-state index contributed by atoms with van der Waals surface area (Å²) >= 11 is 3.38. The van der Waals surface area contributed by atoms with Crippen LogP contribution in [0.1, 0.15) is 28.9 Å². The minimum absolute atomic E-state index is 0.129. The lowest BCUT2D eigenvalue weighted by molar-refractivity contribution is -0.123. The van der Waals surface area contributed by atoms with Crippen molar-refractivity contribution in [1.82, 2.24) is 5.32 Å². The molecule has 0 unspecified atom stereocenters. The van der Waals surface area contributed by atoms with Crippen LogP contribution >= 0.6 is 15.9 Å². The molecule has 24 heavy (non-hydrogen) atoms. The number of hydrogen-bond donors (Lipinski definition) is 1. The van der Waals surface area contributed by atoms with Crippen molar-refractivity contribution in [2.45, 2.75) is 13.0 Å². The van der Waals surface area contributed by atoms with Crippen LogP contribution in [0.15, 0.2) is 53.0 Å². The molecule has 0 saturated carbocycles. The minimum Gasteiger partial charge on any atom is -0.484 e. The number of nitrogens with one attached hydrogen (secondary N) is 1. The van der Waals surface area contributed by atoms with E-state index in [0.717, 1.165) is 10.0 Å². The van der Waals surface area contributed by atoms with Gasteiger partial charge in [0.2, 0.25) is 0 Å². The molecule has 2 rings (SSSR count). The van der Waals surface area contributed by atoms with Crippen LogP contribution in [0.4, 0.5) is 0 Å². The van der Waals surface area contributed by atoms with E-state index in [1.807, 2.05) is 31.2 Å². The maximum atomic E-state index is 12.0. The monoisotopic (exact) mass is 391 g/mol. The SMILES string of the molecule is COC(=O)c1cccc(OCC(=O)N[C@@H](C)c2ccc(Br)cc2)c1. The summed E-state index contributed by atoms with van der Waals surface area (Å²) in [4.78, 5) is 23.5. The average molecular weight is 392 g/mol. The topological polar surface area (TPSA) is 64.6 Å². The number of esters is 1. The molecule has 2 aromatic carbocycles. The Hall–Kier alpha value is -2.34. The first-order chi connectivity index (χ1) is 11.5. The van der Waals surface area contributed by atoms with Gasteiger partial charge in [-0.05, 0) is 42.8 Å². The van der Waals surface area contributed by atoms with Gasteiger partial charge in [-0.1, -0.05) is 34.1 Å². The Morgan fingerprint density at radius 2 is 1.88 bits per heavy atom. The molecule has 126 valence electrons. The van der Waals surface area contributed by atoms with Crippen molar-refractivity contribution in [2.24, 2.45) is 0 Å². The van der Waals surface area contributed by atoms with Crippen LogP contribution in [-0.2, 0) is 9.53 Å². The van der Waals surface area contributed by atoms with Crippen LogP contribution in [0.5, 0.6) is 5.75 Å². The van der Waals surface area contributed by atoms with E-state index < -0.39 is 5.97 Å². The fourth-order valence-corrected chi connectivity index (χ4v) is 2.36. The van der Waals surface area contributed by atoms with E-state index in [-0.39, 0.29) is 18.6 Å². The molecule has 1 atom stereocenters. The van der Waals surface area contributed by atoms with Gasteiger partial charge in [0.25, 0.3) is 5.91 Å². The van der Waals surface area contributed by atoms with Gasteiger partial charge >= 0.3 is 5.97 Å². The molecule has 0 fully saturated rings. The number of ether oxygens (including phenoxy) is 2. The molecule has 0 radical (unpaired) electrons. The first-order valence-corrected chi connectivity index (χ1v) is 8.15. The molecule has 0 saturated heterocycles. The van der Waals surface area contributed by atoms with E-state index in [9.17, 15) is 9.59 Å². The third-order valence-corrected chi connectivity index (χ3v) is 3.90. The molecular formula is C18H18BrNO4. The molecule has 1 amide bonds. The molecular weight excluding hydrogens is 374 g/mol. The van der Waals surface area contributed by atoms with Gasteiger partial charge in [-0.15, -0.1) is 0 Å². The van der Waals surface area contributed by atoms with Crippen LogP contribution < -0.4 is 10.1 Å². The maximum absolute atomic E-state index is 12.0. The van der Waals surface area contributed by atoms with Gasteiger partial charge in [-0.3, -0.25) is 4.79 Å². The number of rotatable bonds is 6. The third kappa shape index (κ3) is 5.09. The van der Waals surface area contributed by atoms with E-state index in [1.54, 1.807) is 18.2 Å². The number of hydrogen-bond acceptors (Lipinski definition) is 4. The molecule has 0 aromatic heterocycles. The Labute approximate surface area is 149 Å². The van der Waals surface area contributed by atoms with E-state index in [0.29, 0.717) is 11.3 Å². The zero-order chi connectivity index (χ0) is 17.5. The van der Waals surface area contributed by atoms with Gasteiger partial charge in [-0.25, -0.2) is 4.79 Å². The Morgan fingerprint density at radius 1 is 1.17 bits per heavy atom. The first kappa shape index (κ1) is 18.0. The molecule has 0 aliphatic carbocycles. The van der Waals surface area contributed by atoms with E-state index in [4.69, 9.17) is 4.74 Å². The molecule has 0 heterocycles. The molecule has 5 nitrogen and oxygen atoms in total. The zero-order valence-corrected chi connectivity index (χ0v) is 15.0. The highest BCUT2D eigenvalue weighted by atomic mass is 79.9. The molecule has 0 aliphatic heterocycles. The largest absolute Gasteiger partial charge is 0.484 e. The smallest absolute Gasteiger partial charge is 0.337 e. The summed E-state index contributed by atoms with van der Waals surface area (Å²) in [6.45, 7) is 1.77. The quantitative estimate of drug-likeness (QED) is 0.765. The van der Waals surface area contributed by atoms with Crippen molar-refractivity contribution in [3.8, 4) is 5.75 Å². The Bertz CT molecular complexity index is 715. The van der Waals surface area contributed by atoms with Crippen molar-refractivity contribution in [3.05, 3.63) is 64.1 Å². The van der Waals surface area contributed by atoms with Gasteiger partial charge in [0.05, 0.1) is 18.7 Å². The summed E-state index contributed by atoms with van der Waals surface area (Å²) in [5, 5.41) is 2.86. The second-order valence-corrected chi connectivity index (χ2v) is 6.06. The summed E-state index contributed by atoms with van der Waals surface area (Å²) in [5.41, 5.74) is 1.37. The molecule has 0 bridgehead atoms. The van der Waals surface area contributed by atoms with Crippen LogP contribution in [0.2, 0.25) is 0 Å². The number of amides is 1. The summed E-state index contributed by atoms with van der Waals surface area (Å²) in [6.07, 6.45) is 0. The zero-order valence-electron chi connectivity index (χ0n) is 13.4. The predicted molar refractivity (Wildman–Crippen MR) is 94.0 cm³/mol. The Morgan fingerprint density at radius 3 is 2.54 bits per heavy atom. The number of carbonyl (C=O) groups excluding carboxylic acids is 2. The highest BCUT2D eigenvalue weighted by Gasteiger charge is 2.11. The fraction of sp³-hybridized carbons (Fsp3) is 0.222. The highest BCUT2D eigenvalue weighted by Crippen LogP contribution is 2.17. The normalized spacial score (nSPS) is 11.5. The van der Waals surface area contributed by atoms with Crippen molar-refractivity contribution in [3.63, 3.8) is 0 Å². The summed E-state index contributed by atoms with van der Waals surface area (Å²) < 4.78 is 11.1. The predicted octanol–water partition coefficient (Wildman–Crippen LogP) is 3.49. The lowest BCUT2D eigenvalue weighted by Crippen LogP contribution is -2.31. The van der Waals surface area contributed by atoms with Gasteiger partial charge in [0.15, 0.2) is 6.61 Å². The lowest BCUT2D eigenvalue weighted by Gasteiger charge is -2.15. The van der Waals surface area contributed by atoms with Crippen LogP contribution in [0, 0.1) is 0 Å². The Balaban J connectivity index is 1.89. The third-order valence-electron chi connectivity index (χ3n) is 3.37.